The number of hydrogen-bond acceptors (Lipinski definition) is 4. The molecule has 0 unspecified atom stereocenters. The number of sulfonamides is 1. The van der Waals surface area contributed by atoms with Crippen LogP contribution in [0.1, 0.15) is 10.4 Å². The van der Waals surface area contributed by atoms with Crippen LogP contribution in [0.5, 0.6) is 0 Å². The highest BCUT2D eigenvalue weighted by atomic mass is 32.2. The molecule has 0 bridgehead atoms. The lowest BCUT2D eigenvalue weighted by atomic mass is 10.1. The molecule has 0 saturated carbocycles. The second kappa shape index (κ2) is 7.25. The Morgan fingerprint density at radius 1 is 0.960 bits per heavy atom. The van der Waals surface area contributed by atoms with E-state index in [4.69, 9.17) is 0 Å². The van der Waals surface area contributed by atoms with E-state index in [2.05, 4.69) is 21.8 Å². The lowest BCUT2D eigenvalue weighted by Crippen LogP contribution is -2.48. The zero-order chi connectivity index (χ0) is 17.9. The lowest BCUT2D eigenvalue weighted by molar-refractivity contribution is 0.0746. The van der Waals surface area contributed by atoms with Gasteiger partial charge in [-0.3, -0.25) is 4.79 Å². The number of benzene rings is 2. The van der Waals surface area contributed by atoms with Crippen molar-refractivity contribution in [1.29, 1.82) is 0 Å². The summed E-state index contributed by atoms with van der Waals surface area (Å²) in [6, 6.07) is 16.3. The normalized spacial score (nSPS) is 15.2. The Morgan fingerprint density at radius 2 is 1.64 bits per heavy atom. The molecule has 1 aliphatic rings. The van der Waals surface area contributed by atoms with E-state index < -0.39 is 10.0 Å². The van der Waals surface area contributed by atoms with Crippen LogP contribution in [0.25, 0.3) is 0 Å². The second-order valence-corrected chi connectivity index (χ2v) is 7.74. The Bertz CT molecular complexity index is 845. The average molecular weight is 359 g/mol. The molecule has 1 heterocycles. The molecular weight excluding hydrogens is 338 g/mol. The van der Waals surface area contributed by atoms with Crippen molar-refractivity contribution in [3.63, 3.8) is 0 Å². The van der Waals surface area contributed by atoms with Gasteiger partial charge in [-0.15, -0.1) is 0 Å². The minimum absolute atomic E-state index is 0.101. The van der Waals surface area contributed by atoms with Crippen LogP contribution in [0, 0.1) is 0 Å². The molecule has 7 heteroatoms. The summed E-state index contributed by atoms with van der Waals surface area (Å²) >= 11 is 0. The monoisotopic (exact) mass is 359 g/mol. The van der Waals surface area contributed by atoms with Crippen LogP contribution < -0.4 is 9.62 Å². The average Bonchev–Trinajstić information content (AvgIpc) is 2.68. The fraction of sp³-hybridized carbons (Fsp3) is 0.278. The summed E-state index contributed by atoms with van der Waals surface area (Å²) in [7, 11) is -2.20. The standard InChI is InChI=1S/C18H21N3O3S/c1-19-25(23,24)17-9-5-6-15(14-17)18(22)21-12-10-20(11-13-21)16-7-3-2-4-8-16/h2-9,14,19H,10-13H2,1H3. The van der Waals surface area contributed by atoms with Crippen molar-refractivity contribution in [3.05, 3.63) is 60.2 Å². The Kier molecular flexibility index (Phi) is 5.06. The van der Waals surface area contributed by atoms with Gasteiger partial charge in [0.25, 0.3) is 5.91 Å². The zero-order valence-corrected chi connectivity index (χ0v) is 14.9. The predicted octanol–water partition coefficient (Wildman–Crippen LogP) is 1.56. The smallest absolute Gasteiger partial charge is 0.254 e. The third-order valence-electron chi connectivity index (χ3n) is 4.35. The molecule has 1 fully saturated rings. The molecule has 1 saturated heterocycles. The Hall–Kier alpha value is -2.38. The molecule has 25 heavy (non-hydrogen) atoms. The van der Waals surface area contributed by atoms with Crippen LogP contribution in [-0.2, 0) is 10.0 Å². The summed E-state index contributed by atoms with van der Waals surface area (Å²) in [4.78, 5) is 16.8. The maximum absolute atomic E-state index is 12.7. The molecule has 0 spiro atoms. The number of piperazine rings is 1. The van der Waals surface area contributed by atoms with Crippen molar-refractivity contribution in [2.24, 2.45) is 0 Å². The number of amides is 1. The zero-order valence-electron chi connectivity index (χ0n) is 14.1. The first-order valence-corrected chi connectivity index (χ1v) is 9.62. The fourth-order valence-electron chi connectivity index (χ4n) is 2.90. The molecule has 3 rings (SSSR count). The number of para-hydroxylation sites is 1. The van der Waals surface area contributed by atoms with Gasteiger partial charge in [0.1, 0.15) is 0 Å². The topological polar surface area (TPSA) is 69.7 Å². The third-order valence-corrected chi connectivity index (χ3v) is 5.76. The van der Waals surface area contributed by atoms with E-state index in [-0.39, 0.29) is 10.8 Å². The van der Waals surface area contributed by atoms with Gasteiger partial charge in [-0.2, -0.15) is 0 Å². The molecule has 0 radical (unpaired) electrons. The SMILES string of the molecule is CNS(=O)(=O)c1cccc(C(=O)N2CCN(c3ccccc3)CC2)c1. The molecule has 2 aromatic rings. The maximum atomic E-state index is 12.7. The highest BCUT2D eigenvalue weighted by Gasteiger charge is 2.23. The summed E-state index contributed by atoms with van der Waals surface area (Å²) in [5.74, 6) is -0.138. The lowest BCUT2D eigenvalue weighted by Gasteiger charge is -2.36. The Labute approximate surface area is 148 Å². The van der Waals surface area contributed by atoms with Crippen molar-refractivity contribution >= 4 is 21.6 Å². The van der Waals surface area contributed by atoms with Crippen LogP contribution in [0.4, 0.5) is 5.69 Å². The number of anilines is 1. The Morgan fingerprint density at radius 3 is 2.28 bits per heavy atom. The molecule has 6 nitrogen and oxygen atoms in total. The summed E-state index contributed by atoms with van der Waals surface area (Å²) in [5, 5.41) is 0. The fourth-order valence-corrected chi connectivity index (χ4v) is 3.68. The van der Waals surface area contributed by atoms with Gasteiger partial charge in [-0.25, -0.2) is 13.1 Å². The number of carbonyl (C=O) groups is 1. The largest absolute Gasteiger partial charge is 0.368 e. The van der Waals surface area contributed by atoms with Crippen molar-refractivity contribution in [2.45, 2.75) is 4.90 Å². The summed E-state index contributed by atoms with van der Waals surface area (Å²) in [5.41, 5.74) is 1.54. The van der Waals surface area contributed by atoms with Crippen LogP contribution in [0.2, 0.25) is 0 Å². The van der Waals surface area contributed by atoms with E-state index in [1.807, 2.05) is 18.2 Å². The molecule has 0 aromatic heterocycles. The quantitative estimate of drug-likeness (QED) is 0.899. The van der Waals surface area contributed by atoms with Gasteiger partial charge < -0.3 is 9.80 Å². The first kappa shape index (κ1) is 17.4. The number of nitrogens with one attached hydrogen (secondary N) is 1. The Balaban J connectivity index is 1.70. The first-order valence-electron chi connectivity index (χ1n) is 8.14. The van der Waals surface area contributed by atoms with Gasteiger partial charge in [0.05, 0.1) is 4.90 Å². The van der Waals surface area contributed by atoms with Gasteiger partial charge in [0.15, 0.2) is 0 Å². The van der Waals surface area contributed by atoms with Crippen LogP contribution in [0.15, 0.2) is 59.5 Å². The summed E-state index contributed by atoms with van der Waals surface area (Å²) in [6.07, 6.45) is 0. The molecule has 2 aromatic carbocycles. The number of rotatable bonds is 4. The maximum Gasteiger partial charge on any atom is 0.254 e. The van der Waals surface area contributed by atoms with E-state index >= 15 is 0 Å². The van der Waals surface area contributed by atoms with E-state index in [0.29, 0.717) is 18.7 Å². The summed E-state index contributed by atoms with van der Waals surface area (Å²) < 4.78 is 26.1. The molecule has 1 amide bonds. The highest BCUT2D eigenvalue weighted by Crippen LogP contribution is 2.18. The van der Waals surface area contributed by atoms with Crippen molar-refractivity contribution in [3.8, 4) is 0 Å². The van der Waals surface area contributed by atoms with E-state index in [1.165, 1.54) is 19.2 Å². The van der Waals surface area contributed by atoms with Gasteiger partial charge in [0.2, 0.25) is 10.0 Å². The minimum atomic E-state index is -3.56. The number of nitrogens with zero attached hydrogens (tertiary/aromatic N) is 2. The van der Waals surface area contributed by atoms with Crippen molar-refractivity contribution in [2.75, 3.05) is 38.1 Å². The van der Waals surface area contributed by atoms with Crippen LogP contribution in [0.3, 0.4) is 0 Å². The molecule has 132 valence electrons. The highest BCUT2D eigenvalue weighted by molar-refractivity contribution is 7.89. The van der Waals surface area contributed by atoms with Gasteiger partial charge in [0, 0.05) is 37.4 Å². The molecule has 1 aliphatic heterocycles. The predicted molar refractivity (Wildman–Crippen MR) is 97.2 cm³/mol. The van der Waals surface area contributed by atoms with Gasteiger partial charge in [-0.1, -0.05) is 24.3 Å². The molecule has 1 N–H and O–H groups in total. The molecule has 0 aliphatic carbocycles. The van der Waals surface area contributed by atoms with Crippen molar-refractivity contribution < 1.29 is 13.2 Å². The number of carbonyl (C=O) groups excluding carboxylic acids is 1. The van der Waals surface area contributed by atoms with Gasteiger partial charge >= 0.3 is 0 Å². The number of hydrogen-bond donors (Lipinski definition) is 1. The second-order valence-electron chi connectivity index (χ2n) is 5.85. The van der Waals surface area contributed by atoms with Gasteiger partial charge in [-0.05, 0) is 37.4 Å². The van der Waals surface area contributed by atoms with Crippen LogP contribution >= 0.6 is 0 Å². The first-order chi connectivity index (χ1) is 12.0. The van der Waals surface area contributed by atoms with Crippen LogP contribution in [-0.4, -0.2) is 52.5 Å². The van der Waals surface area contributed by atoms with E-state index in [1.54, 1.807) is 17.0 Å². The minimum Gasteiger partial charge on any atom is -0.368 e. The van der Waals surface area contributed by atoms with E-state index in [9.17, 15) is 13.2 Å². The summed E-state index contributed by atoms with van der Waals surface area (Å²) in [6.45, 7) is 2.72. The van der Waals surface area contributed by atoms with Crippen molar-refractivity contribution in [1.82, 2.24) is 9.62 Å². The molecule has 0 atom stereocenters. The van der Waals surface area contributed by atoms with E-state index in [0.717, 1.165) is 18.8 Å². The third kappa shape index (κ3) is 3.83. The molecular formula is C18H21N3O3S.